The molecule has 0 unspecified atom stereocenters. The Hall–Kier alpha value is -1.33. The average Bonchev–Trinajstić information content (AvgIpc) is 2.85. The van der Waals surface area contributed by atoms with Gasteiger partial charge in [0.1, 0.15) is 5.75 Å². The first kappa shape index (κ1) is 13.1. The molecule has 0 fully saturated rings. The van der Waals surface area contributed by atoms with E-state index in [2.05, 4.69) is 22.4 Å². The molecule has 1 aromatic carbocycles. The molecule has 0 atom stereocenters. The zero-order valence-electron chi connectivity index (χ0n) is 10.2. The predicted molar refractivity (Wildman–Crippen MR) is 75.7 cm³/mol. The number of halogens is 1. The molecule has 6 heteroatoms. The summed E-state index contributed by atoms with van der Waals surface area (Å²) < 4.78 is 5.30. The number of nitrogens with one attached hydrogen (secondary N) is 1. The van der Waals surface area contributed by atoms with Crippen molar-refractivity contribution < 1.29 is 4.74 Å². The first-order valence-corrected chi connectivity index (χ1v) is 6.85. The van der Waals surface area contributed by atoms with Gasteiger partial charge >= 0.3 is 0 Å². The van der Waals surface area contributed by atoms with Crippen molar-refractivity contribution in [3.05, 3.63) is 23.2 Å². The van der Waals surface area contributed by atoms with Crippen LogP contribution in [0.15, 0.2) is 18.2 Å². The molecule has 96 valence electrons. The molecular weight excluding hydrogens is 270 g/mol. The zero-order valence-corrected chi connectivity index (χ0v) is 11.8. The lowest BCUT2D eigenvalue weighted by molar-refractivity contribution is 0.416. The third kappa shape index (κ3) is 2.91. The summed E-state index contributed by atoms with van der Waals surface area (Å²) in [6, 6.07) is 5.46. The Labute approximate surface area is 115 Å². The average molecular weight is 284 g/mol. The molecule has 0 aliphatic carbocycles. The highest BCUT2D eigenvalue weighted by Gasteiger charge is 2.12. The molecular formula is C12H14ClN3OS. The van der Waals surface area contributed by atoms with E-state index in [-0.39, 0.29) is 0 Å². The molecule has 0 bridgehead atoms. The summed E-state index contributed by atoms with van der Waals surface area (Å²) in [4.78, 5) is 0. The van der Waals surface area contributed by atoms with Gasteiger partial charge in [-0.15, -0.1) is 10.2 Å². The van der Waals surface area contributed by atoms with E-state index in [9.17, 15) is 0 Å². The largest absolute Gasteiger partial charge is 0.496 e. The van der Waals surface area contributed by atoms with E-state index >= 15 is 0 Å². The number of rotatable bonds is 5. The van der Waals surface area contributed by atoms with Crippen molar-refractivity contribution in [2.24, 2.45) is 0 Å². The van der Waals surface area contributed by atoms with E-state index in [1.54, 1.807) is 13.2 Å². The van der Waals surface area contributed by atoms with Gasteiger partial charge in [-0.25, -0.2) is 0 Å². The third-order valence-corrected chi connectivity index (χ3v) is 3.49. The Balaban J connectivity index is 2.30. The van der Waals surface area contributed by atoms with Crippen LogP contribution in [0.3, 0.4) is 0 Å². The van der Waals surface area contributed by atoms with E-state index in [0.29, 0.717) is 5.02 Å². The minimum Gasteiger partial charge on any atom is -0.496 e. The van der Waals surface area contributed by atoms with Crippen molar-refractivity contribution in [3.63, 3.8) is 0 Å². The summed E-state index contributed by atoms with van der Waals surface area (Å²) in [6.45, 7) is 3.00. The van der Waals surface area contributed by atoms with Crippen LogP contribution in [0.4, 0.5) is 5.13 Å². The Morgan fingerprint density at radius 1 is 1.39 bits per heavy atom. The highest BCUT2D eigenvalue weighted by atomic mass is 35.5. The van der Waals surface area contributed by atoms with Crippen molar-refractivity contribution in [2.75, 3.05) is 19.0 Å². The highest BCUT2D eigenvalue weighted by molar-refractivity contribution is 7.18. The number of ether oxygens (including phenoxy) is 1. The molecule has 1 aromatic heterocycles. The van der Waals surface area contributed by atoms with Crippen LogP contribution in [0, 0.1) is 0 Å². The smallest absolute Gasteiger partial charge is 0.206 e. The van der Waals surface area contributed by atoms with E-state index < -0.39 is 0 Å². The normalized spacial score (nSPS) is 10.4. The minimum absolute atomic E-state index is 0.657. The Bertz CT molecular complexity index is 530. The second-order valence-electron chi connectivity index (χ2n) is 3.68. The molecule has 0 spiro atoms. The minimum atomic E-state index is 0.657. The fourth-order valence-corrected chi connectivity index (χ4v) is 2.45. The van der Waals surface area contributed by atoms with Crippen LogP contribution < -0.4 is 10.1 Å². The second kappa shape index (κ2) is 6.02. The van der Waals surface area contributed by atoms with Gasteiger partial charge in [-0.1, -0.05) is 29.9 Å². The summed E-state index contributed by atoms with van der Waals surface area (Å²) >= 11 is 7.49. The standard InChI is InChI=1S/C12H14ClN3OS/c1-3-6-14-12-16-15-11(18-12)9-7-8(13)4-5-10(9)17-2/h4-5,7H,3,6H2,1-2H3,(H,14,16). The number of methoxy groups -OCH3 is 1. The molecule has 0 aliphatic rings. The van der Waals surface area contributed by atoms with Gasteiger partial charge < -0.3 is 10.1 Å². The van der Waals surface area contributed by atoms with Crippen LogP contribution in [-0.4, -0.2) is 23.9 Å². The summed E-state index contributed by atoms with van der Waals surface area (Å²) in [5, 5.41) is 13.7. The molecule has 1 N–H and O–H groups in total. The first-order valence-electron chi connectivity index (χ1n) is 5.66. The number of hydrogen-bond acceptors (Lipinski definition) is 5. The van der Waals surface area contributed by atoms with E-state index in [1.165, 1.54) is 11.3 Å². The van der Waals surface area contributed by atoms with Crippen LogP contribution in [-0.2, 0) is 0 Å². The van der Waals surface area contributed by atoms with Crippen molar-refractivity contribution in [1.29, 1.82) is 0 Å². The predicted octanol–water partition coefficient (Wildman–Crippen LogP) is 3.69. The van der Waals surface area contributed by atoms with Crippen LogP contribution in [0.25, 0.3) is 10.6 Å². The highest BCUT2D eigenvalue weighted by Crippen LogP contribution is 2.35. The van der Waals surface area contributed by atoms with E-state index in [4.69, 9.17) is 16.3 Å². The SMILES string of the molecule is CCCNc1nnc(-c2cc(Cl)ccc2OC)s1. The van der Waals surface area contributed by atoms with Gasteiger partial charge in [-0.05, 0) is 24.6 Å². The van der Waals surface area contributed by atoms with Crippen LogP contribution >= 0.6 is 22.9 Å². The molecule has 2 rings (SSSR count). The second-order valence-corrected chi connectivity index (χ2v) is 5.10. The molecule has 0 saturated carbocycles. The quantitative estimate of drug-likeness (QED) is 0.909. The zero-order chi connectivity index (χ0) is 13.0. The molecule has 1 heterocycles. The van der Waals surface area contributed by atoms with Gasteiger partial charge in [0.2, 0.25) is 5.13 Å². The number of benzene rings is 1. The summed E-state index contributed by atoms with van der Waals surface area (Å²) in [6.07, 6.45) is 1.05. The van der Waals surface area contributed by atoms with Gasteiger partial charge in [0.15, 0.2) is 5.01 Å². The summed E-state index contributed by atoms with van der Waals surface area (Å²) in [5.74, 6) is 0.748. The number of aromatic nitrogens is 2. The lowest BCUT2D eigenvalue weighted by atomic mass is 10.2. The molecule has 0 saturated heterocycles. The number of hydrogen-bond donors (Lipinski definition) is 1. The first-order chi connectivity index (χ1) is 8.74. The van der Waals surface area contributed by atoms with Gasteiger partial charge in [-0.3, -0.25) is 0 Å². The maximum absolute atomic E-state index is 6.00. The van der Waals surface area contributed by atoms with Crippen molar-refractivity contribution in [1.82, 2.24) is 10.2 Å². The number of anilines is 1. The van der Waals surface area contributed by atoms with Crippen LogP contribution in [0.1, 0.15) is 13.3 Å². The number of nitrogens with zero attached hydrogens (tertiary/aromatic N) is 2. The lowest BCUT2D eigenvalue weighted by Gasteiger charge is -2.05. The monoisotopic (exact) mass is 283 g/mol. The summed E-state index contributed by atoms with van der Waals surface area (Å²) in [7, 11) is 1.63. The van der Waals surface area contributed by atoms with Gasteiger partial charge in [0, 0.05) is 11.6 Å². The lowest BCUT2D eigenvalue weighted by Crippen LogP contribution is -1.98. The van der Waals surface area contributed by atoms with Crippen molar-refractivity contribution in [3.8, 4) is 16.3 Å². The fourth-order valence-electron chi connectivity index (χ4n) is 1.48. The Kier molecular flexibility index (Phi) is 4.38. The van der Waals surface area contributed by atoms with Crippen LogP contribution in [0.5, 0.6) is 5.75 Å². The van der Waals surface area contributed by atoms with Crippen LogP contribution in [0.2, 0.25) is 5.02 Å². The molecule has 4 nitrogen and oxygen atoms in total. The molecule has 18 heavy (non-hydrogen) atoms. The maximum Gasteiger partial charge on any atom is 0.206 e. The summed E-state index contributed by atoms with van der Waals surface area (Å²) in [5.41, 5.74) is 0.868. The fraction of sp³-hybridized carbons (Fsp3) is 0.333. The molecule has 2 aromatic rings. The maximum atomic E-state index is 6.00. The molecule has 0 radical (unpaired) electrons. The topological polar surface area (TPSA) is 47.0 Å². The van der Waals surface area contributed by atoms with Gasteiger partial charge in [0.25, 0.3) is 0 Å². The Morgan fingerprint density at radius 3 is 2.94 bits per heavy atom. The van der Waals surface area contributed by atoms with Crippen molar-refractivity contribution >= 4 is 28.1 Å². The Morgan fingerprint density at radius 2 is 2.22 bits per heavy atom. The van der Waals surface area contributed by atoms with Gasteiger partial charge in [0.05, 0.1) is 12.7 Å². The molecule has 0 aliphatic heterocycles. The molecule has 0 amide bonds. The van der Waals surface area contributed by atoms with E-state index in [1.807, 2.05) is 12.1 Å². The third-order valence-electron chi connectivity index (χ3n) is 2.34. The van der Waals surface area contributed by atoms with E-state index in [0.717, 1.165) is 34.4 Å². The van der Waals surface area contributed by atoms with Gasteiger partial charge in [-0.2, -0.15) is 0 Å². The van der Waals surface area contributed by atoms with Crippen molar-refractivity contribution in [2.45, 2.75) is 13.3 Å².